The average molecular weight is 312 g/mol. The fourth-order valence-electron chi connectivity index (χ4n) is 2.92. The van der Waals surface area contributed by atoms with E-state index in [9.17, 15) is 18.3 Å². The Labute approximate surface area is 124 Å². The number of hydrogen-bond donors (Lipinski definition) is 2. The number of carbonyl (C=O) groups is 1. The lowest BCUT2D eigenvalue weighted by molar-refractivity contribution is 0.0692. The minimum atomic E-state index is -3.84. The molecule has 1 fully saturated rings. The van der Waals surface area contributed by atoms with Gasteiger partial charge in [-0.05, 0) is 56.1 Å². The second kappa shape index (κ2) is 6.13. The lowest BCUT2D eigenvalue weighted by Crippen LogP contribution is -2.27. The third-order valence-electron chi connectivity index (χ3n) is 3.91. The van der Waals surface area contributed by atoms with Gasteiger partial charge in [0, 0.05) is 6.04 Å². The smallest absolute Gasteiger partial charge is 0.336 e. The van der Waals surface area contributed by atoms with Crippen LogP contribution in [0.2, 0.25) is 0 Å². The van der Waals surface area contributed by atoms with E-state index in [2.05, 4.69) is 4.90 Å². The number of rotatable bonds is 5. The van der Waals surface area contributed by atoms with Gasteiger partial charge in [0.1, 0.15) is 0 Å². The predicted octanol–water partition coefficient (Wildman–Crippen LogP) is 1.58. The van der Waals surface area contributed by atoms with Crippen LogP contribution in [0.4, 0.5) is 0 Å². The van der Waals surface area contributed by atoms with Gasteiger partial charge < -0.3 is 5.11 Å². The summed E-state index contributed by atoms with van der Waals surface area (Å²) >= 11 is 0. The summed E-state index contributed by atoms with van der Waals surface area (Å²) in [6, 6.07) is 3.89. The van der Waals surface area contributed by atoms with Crippen molar-refractivity contribution in [3.05, 3.63) is 29.3 Å². The average Bonchev–Trinajstić information content (AvgIpc) is 2.92. The van der Waals surface area contributed by atoms with Gasteiger partial charge in [0.25, 0.3) is 0 Å². The normalized spacial score (nSPS) is 17.8. The molecular weight excluding hydrogens is 292 g/mol. The van der Waals surface area contributed by atoms with Gasteiger partial charge in [-0.3, -0.25) is 4.90 Å². The van der Waals surface area contributed by atoms with E-state index in [1.54, 1.807) is 0 Å². The highest BCUT2D eigenvalue weighted by atomic mass is 32.2. The van der Waals surface area contributed by atoms with E-state index in [1.807, 2.05) is 6.92 Å². The summed E-state index contributed by atoms with van der Waals surface area (Å²) in [6.07, 6.45) is 2.87. The molecular formula is C14H20N2O4S. The van der Waals surface area contributed by atoms with Crippen molar-refractivity contribution in [3.8, 4) is 0 Å². The first kappa shape index (κ1) is 15.9. The number of carboxylic acid groups (broad SMARTS) is 1. The van der Waals surface area contributed by atoms with Crippen LogP contribution in [0.5, 0.6) is 0 Å². The van der Waals surface area contributed by atoms with Gasteiger partial charge in [-0.2, -0.15) is 0 Å². The van der Waals surface area contributed by atoms with Crippen LogP contribution in [-0.2, 0) is 10.0 Å². The number of nitrogens with zero attached hydrogens (tertiary/aromatic N) is 1. The lowest BCUT2D eigenvalue weighted by atomic mass is 9.97. The molecule has 1 aliphatic heterocycles. The zero-order valence-corrected chi connectivity index (χ0v) is 12.8. The molecule has 1 saturated heterocycles. The molecule has 0 radical (unpaired) electrons. The van der Waals surface area contributed by atoms with Gasteiger partial charge in [-0.1, -0.05) is 6.92 Å². The lowest BCUT2D eigenvalue weighted by Gasteiger charge is -2.28. The Morgan fingerprint density at radius 2 is 2.00 bits per heavy atom. The second-order valence-corrected chi connectivity index (χ2v) is 6.83. The quantitative estimate of drug-likeness (QED) is 0.859. The summed E-state index contributed by atoms with van der Waals surface area (Å²) in [5.74, 6) is -1.05. The number of primary sulfonamides is 1. The number of likely N-dealkylation sites (tertiary alicyclic amines) is 1. The molecule has 1 aliphatic rings. The zero-order valence-electron chi connectivity index (χ0n) is 11.9. The van der Waals surface area contributed by atoms with Crippen LogP contribution in [0.3, 0.4) is 0 Å². The third kappa shape index (κ3) is 3.42. The van der Waals surface area contributed by atoms with E-state index in [-0.39, 0.29) is 16.5 Å². The third-order valence-corrected chi connectivity index (χ3v) is 4.82. The maximum atomic E-state index is 11.5. The van der Waals surface area contributed by atoms with Crippen molar-refractivity contribution in [2.45, 2.75) is 37.1 Å². The number of benzene rings is 1. The monoisotopic (exact) mass is 312 g/mol. The number of sulfonamides is 1. The molecule has 2 rings (SSSR count). The molecule has 1 unspecified atom stereocenters. The van der Waals surface area contributed by atoms with E-state index in [0.717, 1.165) is 25.9 Å². The molecule has 6 nitrogen and oxygen atoms in total. The number of hydrogen-bond acceptors (Lipinski definition) is 4. The summed E-state index contributed by atoms with van der Waals surface area (Å²) < 4.78 is 23.0. The highest BCUT2D eigenvalue weighted by molar-refractivity contribution is 7.89. The molecule has 1 atom stereocenters. The van der Waals surface area contributed by atoms with Gasteiger partial charge in [0.05, 0.1) is 10.5 Å². The van der Waals surface area contributed by atoms with Gasteiger partial charge in [0.2, 0.25) is 10.0 Å². The van der Waals surface area contributed by atoms with E-state index in [4.69, 9.17) is 5.14 Å². The van der Waals surface area contributed by atoms with Crippen molar-refractivity contribution >= 4 is 16.0 Å². The Kier molecular flexibility index (Phi) is 4.65. The van der Waals surface area contributed by atoms with Crippen LogP contribution in [0.1, 0.15) is 48.1 Å². The molecule has 1 heterocycles. The molecule has 7 heteroatoms. The zero-order chi connectivity index (χ0) is 15.6. The molecule has 0 aliphatic carbocycles. The SMILES string of the molecule is CCC(c1cc(S(N)(=O)=O)ccc1C(=O)O)N1CCCC1. The second-order valence-electron chi connectivity index (χ2n) is 5.27. The Hall–Kier alpha value is -1.44. The summed E-state index contributed by atoms with van der Waals surface area (Å²) in [6.45, 7) is 3.77. The molecule has 0 bridgehead atoms. The molecule has 1 aromatic carbocycles. The summed E-state index contributed by atoms with van der Waals surface area (Å²) in [4.78, 5) is 13.6. The highest BCUT2D eigenvalue weighted by Gasteiger charge is 2.27. The maximum absolute atomic E-state index is 11.5. The fraction of sp³-hybridized carbons (Fsp3) is 0.500. The van der Waals surface area contributed by atoms with Gasteiger partial charge in [-0.25, -0.2) is 18.4 Å². The summed E-state index contributed by atoms with van der Waals surface area (Å²) in [5, 5.41) is 14.5. The Balaban J connectivity index is 2.53. The van der Waals surface area contributed by atoms with Gasteiger partial charge in [0.15, 0.2) is 0 Å². The molecule has 0 spiro atoms. The largest absolute Gasteiger partial charge is 0.478 e. The first-order valence-electron chi connectivity index (χ1n) is 6.98. The van der Waals surface area contributed by atoms with Crippen LogP contribution >= 0.6 is 0 Å². The minimum absolute atomic E-state index is 0.0415. The van der Waals surface area contributed by atoms with Gasteiger partial charge in [-0.15, -0.1) is 0 Å². The van der Waals surface area contributed by atoms with Crippen LogP contribution in [0.25, 0.3) is 0 Å². The molecule has 21 heavy (non-hydrogen) atoms. The van der Waals surface area contributed by atoms with Crippen molar-refractivity contribution < 1.29 is 18.3 Å². The van der Waals surface area contributed by atoms with Crippen molar-refractivity contribution in [3.63, 3.8) is 0 Å². The van der Waals surface area contributed by atoms with E-state index in [0.29, 0.717) is 12.0 Å². The molecule has 116 valence electrons. The van der Waals surface area contributed by atoms with E-state index < -0.39 is 16.0 Å². The van der Waals surface area contributed by atoms with Crippen molar-refractivity contribution in [1.82, 2.24) is 4.90 Å². The maximum Gasteiger partial charge on any atom is 0.336 e. The van der Waals surface area contributed by atoms with Gasteiger partial charge >= 0.3 is 5.97 Å². The Morgan fingerprint density at radius 1 is 1.38 bits per heavy atom. The highest BCUT2D eigenvalue weighted by Crippen LogP contribution is 2.31. The topological polar surface area (TPSA) is 101 Å². The Morgan fingerprint density at radius 3 is 2.48 bits per heavy atom. The van der Waals surface area contributed by atoms with Crippen LogP contribution < -0.4 is 5.14 Å². The molecule has 0 aromatic heterocycles. The van der Waals surface area contributed by atoms with Crippen LogP contribution in [0.15, 0.2) is 23.1 Å². The Bertz CT molecular complexity index is 636. The predicted molar refractivity (Wildman–Crippen MR) is 78.6 cm³/mol. The number of aromatic carboxylic acids is 1. The minimum Gasteiger partial charge on any atom is -0.478 e. The van der Waals surface area contributed by atoms with Crippen molar-refractivity contribution in [2.75, 3.05) is 13.1 Å². The first-order valence-corrected chi connectivity index (χ1v) is 8.53. The standard InChI is InChI=1S/C14H20N2O4S/c1-2-13(16-7-3-4-8-16)12-9-10(21(15,19)20)5-6-11(12)14(17)18/h5-6,9,13H,2-4,7-8H2,1H3,(H,17,18)(H2,15,19,20). The van der Waals surface area contributed by atoms with Crippen LogP contribution in [-0.4, -0.2) is 37.5 Å². The van der Waals surface area contributed by atoms with E-state index >= 15 is 0 Å². The first-order chi connectivity index (χ1) is 9.84. The molecule has 3 N–H and O–H groups in total. The van der Waals surface area contributed by atoms with Crippen molar-refractivity contribution in [1.29, 1.82) is 0 Å². The van der Waals surface area contributed by atoms with Crippen molar-refractivity contribution in [2.24, 2.45) is 5.14 Å². The van der Waals surface area contributed by atoms with Crippen LogP contribution in [0, 0.1) is 0 Å². The van der Waals surface area contributed by atoms with E-state index in [1.165, 1.54) is 18.2 Å². The number of nitrogens with two attached hydrogens (primary N) is 1. The summed E-state index contributed by atoms with van der Waals surface area (Å²) in [7, 11) is -3.84. The summed E-state index contributed by atoms with van der Waals surface area (Å²) in [5.41, 5.74) is 0.666. The molecule has 0 amide bonds. The molecule has 1 aromatic rings. The number of carboxylic acids is 1. The molecule has 0 saturated carbocycles. The fourth-order valence-corrected chi connectivity index (χ4v) is 3.47.